The summed E-state index contributed by atoms with van der Waals surface area (Å²) in [6.45, 7) is 2.00. The summed E-state index contributed by atoms with van der Waals surface area (Å²) in [5.41, 5.74) is 7.35. The lowest BCUT2D eigenvalue weighted by Gasteiger charge is -2.15. The lowest BCUT2D eigenvalue weighted by molar-refractivity contribution is 0.0647. The number of fused-ring (bicyclic) bond motifs is 5. The number of rotatable bonds is 2. The first kappa shape index (κ1) is 9.35. The van der Waals surface area contributed by atoms with Gasteiger partial charge in [-0.15, -0.1) is 0 Å². The van der Waals surface area contributed by atoms with Crippen molar-refractivity contribution in [2.75, 3.05) is 6.54 Å². The summed E-state index contributed by atoms with van der Waals surface area (Å²) < 4.78 is 5.28. The average Bonchev–Trinajstić information content (AvgIpc) is 2.87. The number of hydrogen-bond acceptors (Lipinski definition) is 4. The van der Waals surface area contributed by atoms with Gasteiger partial charge in [0.2, 0.25) is 0 Å². The third-order valence-corrected chi connectivity index (χ3v) is 2.74. The van der Waals surface area contributed by atoms with Crippen LogP contribution in [0.4, 0.5) is 0 Å². The number of furan rings is 2. The molecule has 1 atom stereocenters. The molecule has 0 spiro atoms. The number of nitrogens with zero attached hydrogens (tertiary/aromatic N) is 1. The Morgan fingerprint density at radius 1 is 1.25 bits per heavy atom. The molecule has 0 fully saturated rings. The van der Waals surface area contributed by atoms with Crippen LogP contribution in [0.5, 0.6) is 0 Å². The van der Waals surface area contributed by atoms with Crippen LogP contribution in [0.3, 0.4) is 0 Å². The van der Waals surface area contributed by atoms with Crippen molar-refractivity contribution in [1.82, 2.24) is 4.90 Å². The third-order valence-electron chi connectivity index (χ3n) is 2.74. The summed E-state index contributed by atoms with van der Waals surface area (Å²) in [6, 6.07) is 3.18. The fourth-order valence-electron chi connectivity index (χ4n) is 2.09. The molecule has 5 nitrogen and oxygen atoms in total. The molecule has 5 heteroatoms. The maximum Gasteiger partial charge on any atom is 0.265 e. The first-order valence-electron chi connectivity index (χ1n) is 5.06. The summed E-state index contributed by atoms with van der Waals surface area (Å²) in [6.07, 6.45) is 0. The number of nitrogens with two attached hydrogens (primary N) is 1. The molecule has 0 saturated carbocycles. The highest BCUT2D eigenvalue weighted by atomic mass is 16.3. The molecule has 16 heavy (non-hydrogen) atoms. The van der Waals surface area contributed by atoms with Crippen molar-refractivity contribution < 1.29 is 14.0 Å². The van der Waals surface area contributed by atoms with Gasteiger partial charge in [-0.1, -0.05) is 0 Å². The highest BCUT2D eigenvalue weighted by Crippen LogP contribution is 2.35. The molecule has 3 rings (SSSR count). The van der Waals surface area contributed by atoms with E-state index in [-0.39, 0.29) is 24.4 Å². The zero-order valence-corrected chi connectivity index (χ0v) is 8.69. The number of hydrogen-bond donors (Lipinski definition) is 1. The van der Waals surface area contributed by atoms with Crippen molar-refractivity contribution in [3.8, 4) is 0 Å². The lowest BCUT2D eigenvalue weighted by atomic mass is 10.1. The Hall–Kier alpha value is -1.88. The van der Waals surface area contributed by atoms with E-state index in [1.165, 1.54) is 4.90 Å². The Balaban J connectivity index is 2.10. The van der Waals surface area contributed by atoms with E-state index >= 15 is 0 Å². The molecule has 0 aromatic carbocycles. The number of benzene rings is 1. The Labute approximate surface area is 91.1 Å². The Morgan fingerprint density at radius 3 is 2.19 bits per heavy atom. The monoisotopic (exact) mass is 218 g/mol. The zero-order chi connectivity index (χ0) is 11.4. The van der Waals surface area contributed by atoms with Crippen molar-refractivity contribution in [2.24, 2.45) is 5.73 Å². The molecular formula is C11H10N2O3. The first-order valence-corrected chi connectivity index (χ1v) is 5.06. The molecule has 2 aromatic rings. The summed E-state index contributed by atoms with van der Waals surface area (Å²) in [5, 5.41) is 0. The van der Waals surface area contributed by atoms with Gasteiger partial charge in [0.1, 0.15) is 11.2 Å². The van der Waals surface area contributed by atoms with Crippen molar-refractivity contribution in [3.05, 3.63) is 23.3 Å². The van der Waals surface area contributed by atoms with Gasteiger partial charge < -0.3 is 10.2 Å². The topological polar surface area (TPSA) is 76.5 Å². The van der Waals surface area contributed by atoms with Crippen LogP contribution in [-0.4, -0.2) is 29.3 Å². The van der Waals surface area contributed by atoms with E-state index in [0.29, 0.717) is 22.3 Å². The van der Waals surface area contributed by atoms with E-state index in [1.54, 1.807) is 19.1 Å². The van der Waals surface area contributed by atoms with Crippen LogP contribution in [0.15, 0.2) is 16.5 Å². The van der Waals surface area contributed by atoms with Gasteiger partial charge in [-0.25, -0.2) is 0 Å². The van der Waals surface area contributed by atoms with E-state index in [1.807, 2.05) is 0 Å². The largest absolute Gasteiger partial charge is 0.456 e. The maximum atomic E-state index is 12.0. The van der Waals surface area contributed by atoms with Gasteiger partial charge in [0, 0.05) is 12.6 Å². The summed E-state index contributed by atoms with van der Waals surface area (Å²) in [5.74, 6) is -0.599. The molecule has 3 heterocycles. The highest BCUT2D eigenvalue weighted by molar-refractivity contribution is 6.27. The molecule has 2 bridgehead atoms. The first-order chi connectivity index (χ1) is 7.59. The minimum absolute atomic E-state index is 0.227. The van der Waals surface area contributed by atoms with Crippen LogP contribution < -0.4 is 5.73 Å². The normalized spacial score (nSPS) is 17.5. The van der Waals surface area contributed by atoms with E-state index < -0.39 is 0 Å². The molecule has 1 aliphatic rings. The van der Waals surface area contributed by atoms with Gasteiger partial charge in [-0.2, -0.15) is 0 Å². The van der Waals surface area contributed by atoms with Crippen LogP contribution in [0.1, 0.15) is 27.6 Å². The maximum absolute atomic E-state index is 12.0. The van der Waals surface area contributed by atoms with Gasteiger partial charge in [-0.05, 0) is 19.1 Å². The summed E-state index contributed by atoms with van der Waals surface area (Å²) in [7, 11) is 0. The zero-order valence-electron chi connectivity index (χ0n) is 8.69. The van der Waals surface area contributed by atoms with Crippen LogP contribution in [0.2, 0.25) is 0 Å². The van der Waals surface area contributed by atoms with Gasteiger partial charge in [0.05, 0.1) is 11.1 Å². The third kappa shape index (κ3) is 0.979. The summed E-state index contributed by atoms with van der Waals surface area (Å²) >= 11 is 0. The van der Waals surface area contributed by atoms with Gasteiger partial charge in [0.15, 0.2) is 0 Å². The second-order valence-electron chi connectivity index (χ2n) is 4.11. The Bertz CT molecular complexity index is 540. The van der Waals surface area contributed by atoms with E-state index in [9.17, 15) is 9.59 Å². The second kappa shape index (κ2) is 2.82. The van der Waals surface area contributed by atoms with Crippen molar-refractivity contribution in [3.63, 3.8) is 0 Å². The molecule has 0 radical (unpaired) electrons. The van der Waals surface area contributed by atoms with Gasteiger partial charge in [0.25, 0.3) is 11.8 Å². The van der Waals surface area contributed by atoms with Crippen LogP contribution in [-0.2, 0) is 0 Å². The Morgan fingerprint density at radius 2 is 1.75 bits per heavy atom. The molecule has 82 valence electrons. The molecular weight excluding hydrogens is 208 g/mol. The number of amides is 2. The standard InChI is InChI=1S/C11H10N2O3/c1-5(12)4-13-10(14)8-6-2-3-7(16-6)9(8)11(13)15/h2-3,5H,4,12H2,1H3/t5-/m0/s1. The van der Waals surface area contributed by atoms with Crippen LogP contribution in [0, 0.1) is 0 Å². The second-order valence-corrected chi connectivity index (χ2v) is 4.11. The molecule has 0 unspecified atom stereocenters. The molecule has 1 aliphatic heterocycles. The fraction of sp³-hybridized carbons (Fsp3) is 0.273. The van der Waals surface area contributed by atoms with Crippen molar-refractivity contribution >= 4 is 23.0 Å². The lowest BCUT2D eigenvalue weighted by Crippen LogP contribution is -2.39. The number of carbonyl (C=O) groups is 2. The van der Waals surface area contributed by atoms with Crippen molar-refractivity contribution in [2.45, 2.75) is 13.0 Å². The average molecular weight is 218 g/mol. The number of carbonyl (C=O) groups excluding carboxylic acids is 2. The van der Waals surface area contributed by atoms with E-state index in [2.05, 4.69) is 0 Å². The quantitative estimate of drug-likeness (QED) is 0.757. The SMILES string of the molecule is C[C@H](N)CN1C(=O)c2c(c3ccc2o3)C1=O. The van der Waals surface area contributed by atoms with E-state index in [4.69, 9.17) is 10.2 Å². The fourth-order valence-corrected chi connectivity index (χ4v) is 2.09. The Kier molecular flexibility index (Phi) is 1.65. The predicted octanol–water partition coefficient (Wildman–Crippen LogP) is 0.814. The smallest absolute Gasteiger partial charge is 0.265 e. The molecule has 2 N–H and O–H groups in total. The predicted molar refractivity (Wildman–Crippen MR) is 56.4 cm³/mol. The molecule has 0 saturated heterocycles. The molecule has 2 aromatic heterocycles. The minimum atomic E-state index is -0.299. The van der Waals surface area contributed by atoms with Gasteiger partial charge in [-0.3, -0.25) is 14.5 Å². The van der Waals surface area contributed by atoms with Gasteiger partial charge >= 0.3 is 0 Å². The van der Waals surface area contributed by atoms with E-state index in [0.717, 1.165) is 0 Å². The minimum Gasteiger partial charge on any atom is -0.456 e. The van der Waals surface area contributed by atoms with Crippen molar-refractivity contribution in [1.29, 1.82) is 0 Å². The molecule has 0 aliphatic carbocycles. The summed E-state index contributed by atoms with van der Waals surface area (Å²) in [4.78, 5) is 25.1. The molecule has 2 amide bonds. The van der Waals surface area contributed by atoms with Crippen LogP contribution >= 0.6 is 0 Å². The number of imide groups is 1. The highest BCUT2D eigenvalue weighted by Gasteiger charge is 2.41. The van der Waals surface area contributed by atoms with Crippen LogP contribution in [0.25, 0.3) is 11.2 Å².